The van der Waals surface area contributed by atoms with Gasteiger partial charge in [-0.2, -0.15) is 0 Å². The molecule has 10 heavy (non-hydrogen) atoms. The molecule has 4 heteroatoms. The van der Waals surface area contributed by atoms with E-state index in [-0.39, 0.29) is 11.7 Å². The van der Waals surface area contributed by atoms with Gasteiger partial charge in [0, 0.05) is 5.92 Å². The van der Waals surface area contributed by atoms with Gasteiger partial charge < -0.3 is 10.8 Å². The summed E-state index contributed by atoms with van der Waals surface area (Å²) in [6.45, 7) is 0. The molecule has 1 unspecified atom stereocenters. The topological polar surface area (TPSA) is 80.4 Å². The average molecular weight is 143 g/mol. The van der Waals surface area contributed by atoms with E-state index in [1.807, 2.05) is 0 Å². The summed E-state index contributed by atoms with van der Waals surface area (Å²) in [5.74, 6) is -1.62. The fourth-order valence-electron chi connectivity index (χ4n) is 0.743. The second-order valence-corrected chi connectivity index (χ2v) is 2.49. The Morgan fingerprint density at radius 3 is 2.30 bits per heavy atom. The summed E-state index contributed by atoms with van der Waals surface area (Å²) in [5.41, 5.74) is 5.05. The van der Waals surface area contributed by atoms with Gasteiger partial charge in [-0.05, 0) is 12.8 Å². The first-order chi connectivity index (χ1) is 4.63. The number of carboxylic acids is 1. The van der Waals surface area contributed by atoms with Gasteiger partial charge in [0.25, 0.3) is 0 Å². The Balaban J connectivity index is 2.46. The zero-order valence-corrected chi connectivity index (χ0v) is 5.41. The molecule has 0 radical (unpaired) electrons. The zero-order chi connectivity index (χ0) is 7.72. The number of carboxylic acid groups (broad SMARTS) is 1. The lowest BCUT2D eigenvalue weighted by molar-refractivity contribution is -0.142. The number of carbonyl (C=O) groups excluding carboxylic acids is 1. The number of Topliss-reactive ketones (excluding diaryl/α,β-unsaturated/α-hetero) is 1. The highest BCUT2D eigenvalue weighted by Gasteiger charge is 2.35. The monoisotopic (exact) mass is 143 g/mol. The molecule has 1 rings (SSSR count). The van der Waals surface area contributed by atoms with Crippen LogP contribution in [-0.4, -0.2) is 22.9 Å². The summed E-state index contributed by atoms with van der Waals surface area (Å²) >= 11 is 0. The molecule has 1 aliphatic rings. The highest BCUT2D eigenvalue weighted by atomic mass is 16.4. The second-order valence-electron chi connectivity index (χ2n) is 2.49. The Kier molecular flexibility index (Phi) is 1.72. The lowest BCUT2D eigenvalue weighted by Gasteiger charge is -2.01. The van der Waals surface area contributed by atoms with Gasteiger partial charge in [0.15, 0.2) is 11.8 Å². The molecule has 1 saturated carbocycles. The van der Waals surface area contributed by atoms with Gasteiger partial charge in [-0.15, -0.1) is 0 Å². The number of rotatable bonds is 3. The number of aliphatic carboxylic acids is 1. The van der Waals surface area contributed by atoms with Crippen molar-refractivity contribution in [3.05, 3.63) is 0 Å². The predicted molar refractivity (Wildman–Crippen MR) is 33.3 cm³/mol. The first-order valence-electron chi connectivity index (χ1n) is 3.15. The number of ketones is 1. The molecule has 1 atom stereocenters. The van der Waals surface area contributed by atoms with Crippen molar-refractivity contribution in [2.45, 2.75) is 18.9 Å². The van der Waals surface area contributed by atoms with E-state index in [0.29, 0.717) is 0 Å². The summed E-state index contributed by atoms with van der Waals surface area (Å²) in [4.78, 5) is 21.0. The molecular weight excluding hydrogens is 134 g/mol. The standard InChI is InChI=1S/C6H9NO3/c7-4(6(9)10)5(8)3-1-2-3/h3-4H,1-2,7H2,(H,9,10). The summed E-state index contributed by atoms with van der Waals surface area (Å²) in [6, 6.07) is -1.30. The lowest BCUT2D eigenvalue weighted by Crippen LogP contribution is -2.39. The van der Waals surface area contributed by atoms with Crippen LogP contribution >= 0.6 is 0 Å². The van der Waals surface area contributed by atoms with Gasteiger partial charge in [0.2, 0.25) is 0 Å². The third-order valence-corrected chi connectivity index (χ3v) is 1.55. The summed E-state index contributed by atoms with van der Waals surface area (Å²) < 4.78 is 0. The van der Waals surface area contributed by atoms with Gasteiger partial charge in [-0.1, -0.05) is 0 Å². The van der Waals surface area contributed by atoms with Gasteiger partial charge in [-0.25, -0.2) is 0 Å². The number of nitrogens with two attached hydrogens (primary N) is 1. The van der Waals surface area contributed by atoms with Crippen LogP contribution in [0.25, 0.3) is 0 Å². The largest absolute Gasteiger partial charge is 0.480 e. The van der Waals surface area contributed by atoms with Crippen LogP contribution in [0, 0.1) is 5.92 Å². The minimum absolute atomic E-state index is 0.0638. The van der Waals surface area contributed by atoms with Crippen molar-refractivity contribution < 1.29 is 14.7 Å². The van der Waals surface area contributed by atoms with E-state index in [1.54, 1.807) is 0 Å². The van der Waals surface area contributed by atoms with Crippen LogP contribution in [0.2, 0.25) is 0 Å². The van der Waals surface area contributed by atoms with Crippen LogP contribution in [0.1, 0.15) is 12.8 Å². The fourth-order valence-corrected chi connectivity index (χ4v) is 0.743. The third kappa shape index (κ3) is 1.33. The highest BCUT2D eigenvalue weighted by molar-refractivity contribution is 6.04. The minimum Gasteiger partial charge on any atom is -0.480 e. The molecule has 1 fully saturated rings. The Labute approximate surface area is 58.0 Å². The van der Waals surface area contributed by atoms with Crippen molar-refractivity contribution >= 4 is 11.8 Å². The molecular formula is C6H9NO3. The molecule has 0 bridgehead atoms. The normalized spacial score (nSPS) is 20.1. The van der Waals surface area contributed by atoms with Crippen molar-refractivity contribution in [1.82, 2.24) is 0 Å². The summed E-state index contributed by atoms with van der Waals surface area (Å²) in [5, 5.41) is 8.28. The van der Waals surface area contributed by atoms with Crippen LogP contribution in [0.3, 0.4) is 0 Å². The van der Waals surface area contributed by atoms with E-state index >= 15 is 0 Å². The highest BCUT2D eigenvalue weighted by Crippen LogP contribution is 2.30. The molecule has 0 saturated heterocycles. The van der Waals surface area contributed by atoms with Crippen molar-refractivity contribution in [2.24, 2.45) is 11.7 Å². The molecule has 0 aliphatic heterocycles. The van der Waals surface area contributed by atoms with E-state index in [1.165, 1.54) is 0 Å². The van der Waals surface area contributed by atoms with Crippen molar-refractivity contribution in [3.63, 3.8) is 0 Å². The van der Waals surface area contributed by atoms with Gasteiger partial charge in [0.05, 0.1) is 0 Å². The number of hydrogen-bond acceptors (Lipinski definition) is 3. The van der Waals surface area contributed by atoms with Crippen LogP contribution < -0.4 is 5.73 Å². The summed E-state index contributed by atoms with van der Waals surface area (Å²) in [6.07, 6.45) is 1.61. The molecule has 0 spiro atoms. The Bertz CT molecular complexity index is 174. The van der Waals surface area contributed by atoms with Crippen molar-refractivity contribution in [1.29, 1.82) is 0 Å². The van der Waals surface area contributed by atoms with Gasteiger partial charge in [-0.3, -0.25) is 9.59 Å². The maximum Gasteiger partial charge on any atom is 0.328 e. The van der Waals surface area contributed by atoms with Crippen LogP contribution in [0.5, 0.6) is 0 Å². The van der Waals surface area contributed by atoms with Gasteiger partial charge >= 0.3 is 5.97 Å². The summed E-state index contributed by atoms with van der Waals surface area (Å²) in [7, 11) is 0. The molecule has 0 aromatic carbocycles. The Hall–Kier alpha value is -0.900. The van der Waals surface area contributed by atoms with Crippen LogP contribution in [0.4, 0.5) is 0 Å². The number of hydrogen-bond donors (Lipinski definition) is 2. The third-order valence-electron chi connectivity index (χ3n) is 1.55. The molecule has 0 heterocycles. The molecule has 0 amide bonds. The van der Waals surface area contributed by atoms with Gasteiger partial charge in [0.1, 0.15) is 0 Å². The van der Waals surface area contributed by atoms with E-state index in [2.05, 4.69) is 0 Å². The van der Waals surface area contributed by atoms with E-state index in [9.17, 15) is 9.59 Å². The Morgan fingerprint density at radius 1 is 1.50 bits per heavy atom. The minimum atomic E-state index is -1.30. The van der Waals surface area contributed by atoms with E-state index in [4.69, 9.17) is 10.8 Å². The maximum atomic E-state index is 10.8. The quantitative estimate of drug-likeness (QED) is 0.516. The van der Waals surface area contributed by atoms with E-state index in [0.717, 1.165) is 12.8 Å². The first-order valence-corrected chi connectivity index (χ1v) is 3.15. The Morgan fingerprint density at radius 2 is 2.00 bits per heavy atom. The number of carbonyl (C=O) groups is 2. The molecule has 3 N–H and O–H groups in total. The fraction of sp³-hybridized carbons (Fsp3) is 0.667. The van der Waals surface area contributed by atoms with Crippen LogP contribution in [-0.2, 0) is 9.59 Å². The molecule has 56 valence electrons. The van der Waals surface area contributed by atoms with Crippen molar-refractivity contribution in [2.75, 3.05) is 0 Å². The second kappa shape index (κ2) is 2.38. The SMILES string of the molecule is NC(C(=O)O)C(=O)C1CC1. The first kappa shape index (κ1) is 7.21. The molecule has 0 aromatic heterocycles. The molecule has 4 nitrogen and oxygen atoms in total. The van der Waals surface area contributed by atoms with E-state index < -0.39 is 12.0 Å². The molecule has 1 aliphatic carbocycles. The lowest BCUT2D eigenvalue weighted by atomic mass is 10.1. The van der Waals surface area contributed by atoms with Crippen molar-refractivity contribution in [3.8, 4) is 0 Å². The van der Waals surface area contributed by atoms with Crippen LogP contribution in [0.15, 0.2) is 0 Å². The zero-order valence-electron chi connectivity index (χ0n) is 5.41. The predicted octanol–water partition coefficient (Wildman–Crippen LogP) is -0.623. The molecule has 0 aromatic rings. The average Bonchev–Trinajstić information content (AvgIpc) is 2.65. The maximum absolute atomic E-state index is 10.8. The smallest absolute Gasteiger partial charge is 0.328 e.